The summed E-state index contributed by atoms with van der Waals surface area (Å²) in [6.07, 6.45) is 2.29. The zero-order valence-corrected chi connectivity index (χ0v) is 11.6. The van der Waals surface area contributed by atoms with E-state index in [0.29, 0.717) is 16.8 Å². The molecule has 1 aromatic rings. The van der Waals surface area contributed by atoms with E-state index in [1.807, 2.05) is 6.92 Å². The van der Waals surface area contributed by atoms with Crippen molar-refractivity contribution in [2.45, 2.75) is 32.0 Å². The van der Waals surface area contributed by atoms with Gasteiger partial charge in [-0.25, -0.2) is 4.79 Å². The van der Waals surface area contributed by atoms with Crippen molar-refractivity contribution in [3.8, 4) is 5.75 Å². The largest absolute Gasteiger partial charge is 0.489 e. The fourth-order valence-electron chi connectivity index (χ4n) is 2.01. The van der Waals surface area contributed by atoms with Crippen LogP contribution in [0.5, 0.6) is 5.75 Å². The number of aromatic carboxylic acids is 1. The second-order valence-electron chi connectivity index (χ2n) is 4.38. The molecule has 2 atom stereocenters. The molecule has 1 N–H and O–H groups in total. The molecule has 4 nitrogen and oxygen atoms in total. The van der Waals surface area contributed by atoms with E-state index < -0.39 is 5.97 Å². The average molecular weight is 315 g/mol. The molecule has 1 fully saturated rings. The minimum atomic E-state index is -0.994. The summed E-state index contributed by atoms with van der Waals surface area (Å²) in [5.41, 5.74) is 0.162. The Morgan fingerprint density at radius 3 is 2.94 bits per heavy atom. The van der Waals surface area contributed by atoms with E-state index in [1.54, 1.807) is 12.1 Å². The van der Waals surface area contributed by atoms with E-state index in [1.165, 1.54) is 6.07 Å². The van der Waals surface area contributed by atoms with Crippen molar-refractivity contribution in [2.75, 3.05) is 6.61 Å². The van der Waals surface area contributed by atoms with Gasteiger partial charge >= 0.3 is 5.97 Å². The zero-order valence-electron chi connectivity index (χ0n) is 10.1. The molecule has 0 amide bonds. The minimum absolute atomic E-state index is 0.0498. The van der Waals surface area contributed by atoms with Crippen LogP contribution in [-0.4, -0.2) is 29.9 Å². The number of carboxylic acids is 1. The fraction of sp³-hybridized carbons (Fsp3) is 0.462. The van der Waals surface area contributed by atoms with Crippen LogP contribution < -0.4 is 4.74 Å². The highest BCUT2D eigenvalue weighted by Gasteiger charge is 2.23. The highest BCUT2D eigenvalue weighted by Crippen LogP contribution is 2.30. The molecule has 0 aliphatic carbocycles. The molecule has 5 heteroatoms. The first-order valence-electron chi connectivity index (χ1n) is 5.88. The molecule has 98 valence electrons. The van der Waals surface area contributed by atoms with Crippen molar-refractivity contribution in [3.05, 3.63) is 28.2 Å². The van der Waals surface area contributed by atoms with Gasteiger partial charge in [0.25, 0.3) is 0 Å². The van der Waals surface area contributed by atoms with E-state index >= 15 is 0 Å². The van der Waals surface area contributed by atoms with Gasteiger partial charge in [-0.1, -0.05) is 6.07 Å². The Balaban J connectivity index is 2.06. The topological polar surface area (TPSA) is 55.8 Å². The molecule has 0 bridgehead atoms. The van der Waals surface area contributed by atoms with E-state index in [0.717, 1.165) is 12.8 Å². The van der Waals surface area contributed by atoms with Gasteiger partial charge in [0.1, 0.15) is 17.9 Å². The van der Waals surface area contributed by atoms with Gasteiger partial charge in [-0.3, -0.25) is 0 Å². The summed E-state index contributed by atoms with van der Waals surface area (Å²) in [7, 11) is 0. The molecule has 0 spiro atoms. The van der Waals surface area contributed by atoms with Gasteiger partial charge in [0.05, 0.1) is 16.7 Å². The number of rotatable bonds is 4. The number of hydrogen-bond donors (Lipinski definition) is 1. The quantitative estimate of drug-likeness (QED) is 0.927. The van der Waals surface area contributed by atoms with Gasteiger partial charge < -0.3 is 14.6 Å². The minimum Gasteiger partial charge on any atom is -0.489 e. The Kier molecular flexibility index (Phi) is 4.24. The number of hydrogen-bond acceptors (Lipinski definition) is 3. The maximum Gasteiger partial charge on any atom is 0.339 e. The van der Waals surface area contributed by atoms with Crippen LogP contribution in [0.1, 0.15) is 30.1 Å². The lowest BCUT2D eigenvalue weighted by atomic mass is 10.2. The molecule has 0 aromatic heterocycles. The molecular weight excluding hydrogens is 300 g/mol. The molecule has 2 rings (SSSR count). The number of halogens is 1. The Bertz CT molecular complexity index is 447. The zero-order chi connectivity index (χ0) is 13.1. The monoisotopic (exact) mass is 314 g/mol. The van der Waals surface area contributed by atoms with E-state index in [4.69, 9.17) is 14.6 Å². The molecule has 1 heterocycles. The Morgan fingerprint density at radius 2 is 2.33 bits per heavy atom. The van der Waals surface area contributed by atoms with E-state index in [2.05, 4.69) is 15.9 Å². The van der Waals surface area contributed by atoms with Crippen molar-refractivity contribution in [2.24, 2.45) is 0 Å². The highest BCUT2D eigenvalue weighted by molar-refractivity contribution is 9.10. The van der Waals surface area contributed by atoms with Crippen molar-refractivity contribution in [3.63, 3.8) is 0 Å². The van der Waals surface area contributed by atoms with Crippen LogP contribution in [0.15, 0.2) is 22.7 Å². The number of benzene rings is 1. The van der Waals surface area contributed by atoms with Gasteiger partial charge in [0, 0.05) is 0 Å². The molecule has 18 heavy (non-hydrogen) atoms. The summed E-state index contributed by atoms with van der Waals surface area (Å²) < 4.78 is 11.9. The third kappa shape index (κ3) is 3.03. The predicted molar refractivity (Wildman–Crippen MR) is 70.2 cm³/mol. The summed E-state index contributed by atoms with van der Waals surface area (Å²) in [6.45, 7) is 2.41. The lowest BCUT2D eigenvalue weighted by Crippen LogP contribution is -2.19. The summed E-state index contributed by atoms with van der Waals surface area (Å²) >= 11 is 3.31. The summed E-state index contributed by atoms with van der Waals surface area (Å²) in [4.78, 5) is 11.1. The van der Waals surface area contributed by atoms with Gasteiger partial charge in [0.15, 0.2) is 0 Å². The van der Waals surface area contributed by atoms with Crippen LogP contribution in [0.2, 0.25) is 0 Å². The number of ether oxygens (including phenoxy) is 2. The van der Waals surface area contributed by atoms with Crippen LogP contribution in [0.4, 0.5) is 0 Å². The van der Waals surface area contributed by atoms with Crippen molar-refractivity contribution >= 4 is 21.9 Å². The van der Waals surface area contributed by atoms with Crippen molar-refractivity contribution in [1.29, 1.82) is 0 Å². The summed E-state index contributed by atoms with van der Waals surface area (Å²) in [6, 6.07) is 4.97. The van der Waals surface area contributed by atoms with E-state index in [-0.39, 0.29) is 17.8 Å². The fourth-order valence-corrected chi connectivity index (χ4v) is 2.49. The Morgan fingerprint density at radius 1 is 1.56 bits per heavy atom. The van der Waals surface area contributed by atoms with Crippen LogP contribution in [0.25, 0.3) is 0 Å². The smallest absolute Gasteiger partial charge is 0.339 e. The van der Waals surface area contributed by atoms with Gasteiger partial charge in [-0.2, -0.15) is 0 Å². The Labute approximate surface area is 114 Å². The van der Waals surface area contributed by atoms with Gasteiger partial charge in [-0.15, -0.1) is 0 Å². The first-order chi connectivity index (χ1) is 8.58. The average Bonchev–Trinajstić information content (AvgIpc) is 2.73. The lowest BCUT2D eigenvalue weighted by molar-refractivity contribution is 0.0257. The third-order valence-electron chi connectivity index (χ3n) is 2.93. The third-order valence-corrected chi connectivity index (χ3v) is 3.56. The molecule has 1 saturated heterocycles. The molecule has 1 aliphatic heterocycles. The first kappa shape index (κ1) is 13.4. The maximum atomic E-state index is 11.1. The number of carboxylic acid groups (broad SMARTS) is 1. The predicted octanol–water partition coefficient (Wildman–Crippen LogP) is 3.09. The maximum absolute atomic E-state index is 11.1. The second kappa shape index (κ2) is 5.71. The van der Waals surface area contributed by atoms with E-state index in [9.17, 15) is 4.79 Å². The molecule has 0 saturated carbocycles. The summed E-state index contributed by atoms with van der Waals surface area (Å²) in [5.74, 6) is -0.625. The standard InChI is InChI=1S/C13H15BrO4/c1-8-5-6-9(18-8)7-17-12-10(13(15)16)3-2-4-11(12)14/h2-4,8-9H,5-7H2,1H3,(H,15,16). The molecular formula is C13H15BrO4. The second-order valence-corrected chi connectivity index (χ2v) is 5.23. The highest BCUT2D eigenvalue weighted by atomic mass is 79.9. The normalized spacial score (nSPS) is 23.0. The summed E-state index contributed by atoms with van der Waals surface area (Å²) in [5, 5.41) is 9.09. The van der Waals surface area contributed by atoms with Gasteiger partial charge in [-0.05, 0) is 47.8 Å². The van der Waals surface area contributed by atoms with Gasteiger partial charge in [0.2, 0.25) is 0 Å². The van der Waals surface area contributed by atoms with Crippen molar-refractivity contribution in [1.82, 2.24) is 0 Å². The molecule has 2 unspecified atom stereocenters. The lowest BCUT2D eigenvalue weighted by Gasteiger charge is -2.15. The SMILES string of the molecule is CC1CCC(COc2c(Br)cccc2C(=O)O)O1. The van der Waals surface area contributed by atoms with Crippen molar-refractivity contribution < 1.29 is 19.4 Å². The number of carbonyl (C=O) groups is 1. The van der Waals surface area contributed by atoms with Crippen LogP contribution in [-0.2, 0) is 4.74 Å². The molecule has 1 aromatic carbocycles. The Hall–Kier alpha value is -1.07. The van der Waals surface area contributed by atoms with Crippen LogP contribution >= 0.6 is 15.9 Å². The van der Waals surface area contributed by atoms with Crippen LogP contribution in [0.3, 0.4) is 0 Å². The first-order valence-corrected chi connectivity index (χ1v) is 6.67. The van der Waals surface area contributed by atoms with Crippen LogP contribution in [0, 0.1) is 0 Å². The molecule has 0 radical (unpaired) electrons. The molecule has 1 aliphatic rings. The number of para-hydroxylation sites is 1.